The first kappa shape index (κ1) is 20.3. The van der Waals surface area contributed by atoms with Crippen LogP contribution in [0, 0.1) is 0 Å². The molecule has 7 heteroatoms. The Morgan fingerprint density at radius 2 is 1.88 bits per heavy atom. The van der Waals surface area contributed by atoms with Crippen molar-refractivity contribution in [1.29, 1.82) is 0 Å². The molecule has 0 bridgehead atoms. The molecule has 0 heterocycles. The van der Waals surface area contributed by atoms with E-state index in [0.29, 0.717) is 6.54 Å². The van der Waals surface area contributed by atoms with Crippen molar-refractivity contribution in [1.82, 2.24) is 10.6 Å². The Bertz CT molecular complexity index is 728. The quantitative estimate of drug-likeness (QED) is 0.413. The van der Waals surface area contributed by atoms with Crippen LogP contribution in [0.1, 0.15) is 24.4 Å². The lowest BCUT2D eigenvalue weighted by molar-refractivity contribution is -0.121. The Hall–Kier alpha value is -1.99. The lowest BCUT2D eigenvalue weighted by atomic mass is 10.0. The second-order valence-electron chi connectivity index (χ2n) is 5.69. The first-order valence-corrected chi connectivity index (χ1v) is 10.1. The van der Waals surface area contributed by atoms with E-state index in [4.69, 9.17) is 5.73 Å². The number of thioether (sulfide) groups is 1. The Kier molecular flexibility index (Phi) is 8.50. The average Bonchev–Trinajstić information content (AvgIpc) is 2.61. The fourth-order valence-electron chi connectivity index (χ4n) is 2.41. The molecule has 1 atom stereocenters. The molecule has 0 aliphatic rings. The summed E-state index contributed by atoms with van der Waals surface area (Å²) in [5, 5.41) is 5.53. The van der Waals surface area contributed by atoms with E-state index in [0.717, 1.165) is 22.2 Å². The van der Waals surface area contributed by atoms with Gasteiger partial charge in [0.1, 0.15) is 0 Å². The molecule has 0 fully saturated rings. The maximum absolute atomic E-state index is 12.2. The van der Waals surface area contributed by atoms with Gasteiger partial charge in [-0.05, 0) is 42.0 Å². The van der Waals surface area contributed by atoms with Crippen molar-refractivity contribution in [2.45, 2.75) is 23.8 Å². The van der Waals surface area contributed by atoms with E-state index in [9.17, 15) is 9.59 Å². The van der Waals surface area contributed by atoms with Gasteiger partial charge < -0.3 is 16.4 Å². The van der Waals surface area contributed by atoms with Gasteiger partial charge in [-0.15, -0.1) is 11.8 Å². The zero-order valence-corrected chi connectivity index (χ0v) is 16.7. The maximum Gasteiger partial charge on any atom is 0.312 e. The van der Waals surface area contributed by atoms with Crippen LogP contribution in [0.5, 0.6) is 0 Å². The molecule has 0 aliphatic carbocycles. The Morgan fingerprint density at radius 1 is 1.12 bits per heavy atom. The lowest BCUT2D eigenvalue weighted by Gasteiger charge is -2.18. The van der Waals surface area contributed by atoms with Gasteiger partial charge >= 0.3 is 6.03 Å². The molecular weight excluding hydrogens is 414 g/mol. The van der Waals surface area contributed by atoms with Crippen LogP contribution in [0.4, 0.5) is 4.79 Å². The van der Waals surface area contributed by atoms with Crippen LogP contribution < -0.4 is 16.4 Å². The number of urea groups is 1. The molecule has 0 spiro atoms. The van der Waals surface area contributed by atoms with Crippen LogP contribution in [-0.2, 0) is 4.79 Å². The third kappa shape index (κ3) is 7.49. The van der Waals surface area contributed by atoms with Crippen molar-refractivity contribution in [3.05, 3.63) is 64.6 Å². The van der Waals surface area contributed by atoms with E-state index >= 15 is 0 Å². The molecule has 2 aromatic carbocycles. The Morgan fingerprint density at radius 3 is 2.58 bits per heavy atom. The van der Waals surface area contributed by atoms with Gasteiger partial charge in [-0.1, -0.05) is 46.3 Å². The monoisotopic (exact) mass is 435 g/mol. The van der Waals surface area contributed by atoms with Crippen LogP contribution in [0.2, 0.25) is 0 Å². The molecule has 4 N–H and O–H groups in total. The highest BCUT2D eigenvalue weighted by molar-refractivity contribution is 9.10. The molecule has 0 radical (unpaired) electrons. The zero-order chi connectivity index (χ0) is 18.8. The largest absolute Gasteiger partial charge is 0.356 e. The van der Waals surface area contributed by atoms with E-state index in [1.54, 1.807) is 11.8 Å². The van der Waals surface area contributed by atoms with Crippen LogP contribution in [0.15, 0.2) is 64.0 Å². The van der Waals surface area contributed by atoms with Crippen LogP contribution in [0.25, 0.3) is 0 Å². The molecule has 0 aromatic heterocycles. The summed E-state index contributed by atoms with van der Waals surface area (Å²) >= 11 is 5.16. The van der Waals surface area contributed by atoms with Gasteiger partial charge in [-0.2, -0.15) is 0 Å². The lowest BCUT2D eigenvalue weighted by Crippen LogP contribution is -2.37. The third-order valence-corrected chi connectivity index (χ3v) is 5.20. The van der Waals surface area contributed by atoms with E-state index in [1.807, 2.05) is 42.5 Å². The summed E-state index contributed by atoms with van der Waals surface area (Å²) in [4.78, 5) is 24.7. The summed E-state index contributed by atoms with van der Waals surface area (Å²) in [6, 6.07) is 16.5. The normalized spacial score (nSPS) is 11.6. The molecule has 26 heavy (non-hydrogen) atoms. The van der Waals surface area contributed by atoms with Gasteiger partial charge in [-0.25, -0.2) is 4.79 Å². The number of amides is 3. The molecule has 138 valence electrons. The standard InChI is InChI=1S/C19H22BrN3O2S/c20-15-7-4-6-14(12-15)17(23-19(21)25)13-18(24)22-10-5-11-26-16-8-2-1-3-9-16/h1-4,6-9,12,17H,5,10-11,13H2,(H,22,24)(H3,21,23,25). The fourth-order valence-corrected chi connectivity index (χ4v) is 3.70. The summed E-state index contributed by atoms with van der Waals surface area (Å²) < 4.78 is 0.879. The average molecular weight is 436 g/mol. The molecule has 2 aromatic rings. The first-order valence-electron chi connectivity index (χ1n) is 8.30. The van der Waals surface area contributed by atoms with Crippen molar-refractivity contribution in [2.75, 3.05) is 12.3 Å². The second-order valence-corrected chi connectivity index (χ2v) is 7.77. The van der Waals surface area contributed by atoms with Gasteiger partial charge in [0.25, 0.3) is 0 Å². The topological polar surface area (TPSA) is 84.2 Å². The van der Waals surface area contributed by atoms with Gasteiger partial charge in [-0.3, -0.25) is 4.79 Å². The van der Waals surface area contributed by atoms with Crippen molar-refractivity contribution < 1.29 is 9.59 Å². The minimum Gasteiger partial charge on any atom is -0.356 e. The van der Waals surface area contributed by atoms with Gasteiger partial charge in [0.15, 0.2) is 0 Å². The van der Waals surface area contributed by atoms with Gasteiger partial charge in [0.05, 0.1) is 12.5 Å². The number of carbonyl (C=O) groups excluding carboxylic acids is 2. The maximum atomic E-state index is 12.2. The molecule has 3 amide bonds. The Labute approximate surface area is 166 Å². The number of hydrogen-bond acceptors (Lipinski definition) is 3. The highest BCUT2D eigenvalue weighted by Gasteiger charge is 2.17. The molecule has 2 rings (SSSR count). The molecule has 0 saturated heterocycles. The third-order valence-electron chi connectivity index (χ3n) is 3.61. The molecule has 0 saturated carbocycles. The number of hydrogen-bond donors (Lipinski definition) is 3. The molecule has 5 nitrogen and oxygen atoms in total. The fraction of sp³-hybridized carbons (Fsp3) is 0.263. The number of halogens is 1. The summed E-state index contributed by atoms with van der Waals surface area (Å²) in [5.74, 6) is 0.812. The van der Waals surface area contributed by atoms with Crippen molar-refractivity contribution in [3.8, 4) is 0 Å². The first-order chi connectivity index (χ1) is 12.5. The minimum atomic E-state index is -0.651. The van der Waals surface area contributed by atoms with Crippen LogP contribution in [0.3, 0.4) is 0 Å². The summed E-state index contributed by atoms with van der Waals surface area (Å²) in [6.07, 6.45) is 1.02. The Balaban J connectivity index is 1.77. The van der Waals surface area contributed by atoms with Gasteiger partial charge in [0.2, 0.25) is 5.91 Å². The number of rotatable bonds is 9. The number of carbonyl (C=O) groups is 2. The minimum absolute atomic E-state index is 0.117. The van der Waals surface area contributed by atoms with Crippen molar-refractivity contribution >= 4 is 39.6 Å². The highest BCUT2D eigenvalue weighted by atomic mass is 79.9. The predicted octanol–water partition coefficient (Wildman–Crippen LogP) is 3.85. The van der Waals surface area contributed by atoms with E-state index < -0.39 is 12.1 Å². The van der Waals surface area contributed by atoms with Gasteiger partial charge in [0, 0.05) is 15.9 Å². The summed E-state index contributed by atoms with van der Waals surface area (Å²) in [6.45, 7) is 0.598. The summed E-state index contributed by atoms with van der Waals surface area (Å²) in [5.41, 5.74) is 6.07. The van der Waals surface area contributed by atoms with E-state index in [1.165, 1.54) is 4.90 Å². The zero-order valence-electron chi connectivity index (χ0n) is 14.3. The highest BCUT2D eigenvalue weighted by Crippen LogP contribution is 2.21. The van der Waals surface area contributed by atoms with Crippen molar-refractivity contribution in [2.24, 2.45) is 5.73 Å². The molecule has 0 aliphatic heterocycles. The predicted molar refractivity (Wildman–Crippen MR) is 109 cm³/mol. The molecule has 1 unspecified atom stereocenters. The smallest absolute Gasteiger partial charge is 0.312 e. The van der Waals surface area contributed by atoms with Crippen LogP contribution in [-0.4, -0.2) is 24.2 Å². The number of nitrogens with one attached hydrogen (secondary N) is 2. The van der Waals surface area contributed by atoms with E-state index in [2.05, 4.69) is 38.7 Å². The van der Waals surface area contributed by atoms with Crippen LogP contribution >= 0.6 is 27.7 Å². The number of benzene rings is 2. The summed E-state index contributed by atoms with van der Waals surface area (Å²) in [7, 11) is 0. The van der Waals surface area contributed by atoms with E-state index in [-0.39, 0.29) is 12.3 Å². The van der Waals surface area contributed by atoms with Crippen molar-refractivity contribution in [3.63, 3.8) is 0 Å². The number of primary amides is 1. The SMILES string of the molecule is NC(=O)NC(CC(=O)NCCCSc1ccccc1)c1cccc(Br)c1. The second kappa shape index (κ2) is 10.9. The molecular formula is C19H22BrN3O2S. The number of nitrogens with two attached hydrogens (primary N) is 1.